The van der Waals surface area contributed by atoms with Gasteiger partial charge in [0, 0.05) is 12.6 Å². The molecule has 11 heteroatoms. The fraction of sp³-hybridized carbons (Fsp3) is 0.269. The average molecular weight is 537 g/mol. The third-order valence-electron chi connectivity index (χ3n) is 4.90. The maximum atomic E-state index is 12.3. The Morgan fingerprint density at radius 3 is 2.59 bits per heavy atom. The monoisotopic (exact) mass is 536 g/mol. The highest BCUT2D eigenvalue weighted by molar-refractivity contribution is 8.01. The number of aromatic amines is 1. The van der Waals surface area contributed by atoms with Crippen molar-refractivity contribution >= 4 is 40.2 Å². The minimum Gasteiger partial charge on any atom is -0.460 e. The number of carbonyl (C=O) groups is 2. The predicted octanol–water partition coefficient (Wildman–Crippen LogP) is 5.68. The molecule has 0 unspecified atom stereocenters. The van der Waals surface area contributed by atoms with Gasteiger partial charge in [-0.25, -0.2) is 19.7 Å². The van der Waals surface area contributed by atoms with E-state index in [0.29, 0.717) is 23.8 Å². The number of anilines is 1. The van der Waals surface area contributed by atoms with Crippen LogP contribution < -0.4 is 10.6 Å². The molecular formula is C26H28N6O3S2. The van der Waals surface area contributed by atoms with Gasteiger partial charge in [0.05, 0.1) is 28.8 Å². The zero-order valence-electron chi connectivity index (χ0n) is 20.8. The van der Waals surface area contributed by atoms with E-state index in [4.69, 9.17) is 4.74 Å². The highest BCUT2D eigenvalue weighted by Gasteiger charge is 2.16. The fourth-order valence-electron chi connectivity index (χ4n) is 3.27. The number of nitrogens with zero attached hydrogens (tertiary/aromatic N) is 3. The summed E-state index contributed by atoms with van der Waals surface area (Å²) in [5, 5.41) is 6.90. The predicted molar refractivity (Wildman–Crippen MR) is 145 cm³/mol. The molecule has 0 aliphatic carbocycles. The van der Waals surface area contributed by atoms with Crippen molar-refractivity contribution in [2.45, 2.75) is 55.0 Å². The van der Waals surface area contributed by atoms with E-state index >= 15 is 0 Å². The molecule has 1 aromatic carbocycles. The summed E-state index contributed by atoms with van der Waals surface area (Å²) in [6, 6.07) is 13.3. The van der Waals surface area contributed by atoms with Crippen molar-refractivity contribution in [3.8, 4) is 11.3 Å². The number of ether oxygens (including phenoxy) is 1. The Bertz CT molecular complexity index is 1330. The molecule has 0 saturated carbocycles. The summed E-state index contributed by atoms with van der Waals surface area (Å²) in [5.41, 5.74) is 2.38. The van der Waals surface area contributed by atoms with Gasteiger partial charge in [0.15, 0.2) is 5.13 Å². The highest BCUT2D eigenvalue weighted by atomic mass is 32.2. The fourth-order valence-corrected chi connectivity index (χ4v) is 5.05. The number of imidazole rings is 1. The Morgan fingerprint density at radius 2 is 1.86 bits per heavy atom. The summed E-state index contributed by atoms with van der Waals surface area (Å²) in [7, 11) is 0. The smallest absolute Gasteiger partial charge is 0.321 e. The van der Waals surface area contributed by atoms with Gasteiger partial charge in [-0.3, -0.25) is 10.1 Å². The first-order chi connectivity index (χ1) is 17.7. The van der Waals surface area contributed by atoms with Crippen LogP contribution in [0.3, 0.4) is 0 Å². The molecule has 9 nitrogen and oxygen atoms in total. The van der Waals surface area contributed by atoms with Gasteiger partial charge in [0.2, 0.25) is 0 Å². The number of nitrogens with one attached hydrogen (secondary N) is 3. The molecule has 4 rings (SSSR count). The first kappa shape index (κ1) is 26.4. The third-order valence-corrected chi connectivity index (χ3v) is 6.86. The topological polar surface area (TPSA) is 122 Å². The molecule has 192 valence electrons. The number of pyridine rings is 1. The Labute approximate surface area is 223 Å². The number of benzene rings is 1. The summed E-state index contributed by atoms with van der Waals surface area (Å²) in [4.78, 5) is 40.3. The number of esters is 1. The van der Waals surface area contributed by atoms with Crippen molar-refractivity contribution in [3.63, 3.8) is 0 Å². The van der Waals surface area contributed by atoms with E-state index in [9.17, 15) is 9.59 Å². The van der Waals surface area contributed by atoms with E-state index in [0.717, 1.165) is 26.1 Å². The molecule has 0 radical (unpaired) electrons. The summed E-state index contributed by atoms with van der Waals surface area (Å²) in [6.07, 6.45) is 6.13. The zero-order chi connectivity index (χ0) is 26.3. The van der Waals surface area contributed by atoms with Gasteiger partial charge in [-0.05, 0) is 50.5 Å². The molecule has 3 heterocycles. The second kappa shape index (κ2) is 12.0. The Kier molecular flexibility index (Phi) is 8.57. The number of aromatic nitrogens is 4. The Balaban J connectivity index is 1.23. The lowest BCUT2D eigenvalue weighted by atomic mass is 10.1. The van der Waals surface area contributed by atoms with E-state index in [-0.39, 0.29) is 18.5 Å². The number of urea groups is 1. The molecule has 3 aromatic heterocycles. The normalized spacial score (nSPS) is 11.2. The Hall–Kier alpha value is -3.70. The summed E-state index contributed by atoms with van der Waals surface area (Å²) < 4.78 is 6.29. The van der Waals surface area contributed by atoms with Crippen molar-refractivity contribution in [2.75, 3.05) is 5.32 Å². The minimum absolute atomic E-state index is 0.204. The van der Waals surface area contributed by atoms with Gasteiger partial charge in [-0.1, -0.05) is 53.4 Å². The van der Waals surface area contributed by atoms with Gasteiger partial charge in [-0.15, -0.1) is 0 Å². The van der Waals surface area contributed by atoms with E-state index in [2.05, 4.69) is 30.6 Å². The van der Waals surface area contributed by atoms with Crippen LogP contribution in [0.5, 0.6) is 0 Å². The number of H-pyrrole nitrogens is 1. The molecular weight excluding hydrogens is 508 g/mol. The Morgan fingerprint density at radius 1 is 1.05 bits per heavy atom. The average Bonchev–Trinajstić information content (AvgIpc) is 3.51. The van der Waals surface area contributed by atoms with Crippen LogP contribution in [0.25, 0.3) is 11.3 Å². The first-order valence-electron chi connectivity index (χ1n) is 11.7. The van der Waals surface area contributed by atoms with E-state index in [1.807, 2.05) is 63.2 Å². The third kappa shape index (κ3) is 8.43. The van der Waals surface area contributed by atoms with Crippen LogP contribution in [-0.2, 0) is 22.5 Å². The second-order valence-electron chi connectivity index (χ2n) is 9.09. The minimum atomic E-state index is -0.473. The van der Waals surface area contributed by atoms with Gasteiger partial charge in [0.25, 0.3) is 0 Å². The van der Waals surface area contributed by atoms with E-state index in [1.54, 1.807) is 18.6 Å². The van der Waals surface area contributed by atoms with Crippen LogP contribution in [-0.4, -0.2) is 37.5 Å². The molecule has 0 spiro atoms. The first-order valence-corrected chi connectivity index (χ1v) is 13.3. The lowest BCUT2D eigenvalue weighted by Gasteiger charge is -2.19. The molecule has 0 saturated heterocycles. The maximum Gasteiger partial charge on any atom is 0.321 e. The quantitative estimate of drug-likeness (QED) is 0.235. The molecule has 0 aliphatic rings. The number of hydrogen-bond donors (Lipinski definition) is 3. The lowest BCUT2D eigenvalue weighted by molar-refractivity contribution is -0.154. The van der Waals surface area contributed by atoms with Crippen LogP contribution in [0.15, 0.2) is 70.3 Å². The molecule has 37 heavy (non-hydrogen) atoms. The van der Waals surface area contributed by atoms with Crippen LogP contribution in [0.2, 0.25) is 0 Å². The van der Waals surface area contributed by atoms with Crippen LogP contribution >= 0.6 is 23.1 Å². The van der Waals surface area contributed by atoms with Crippen molar-refractivity contribution in [1.82, 2.24) is 25.3 Å². The summed E-state index contributed by atoms with van der Waals surface area (Å²) in [5.74, 6) is 0.426. The number of carbonyl (C=O) groups excluding carboxylic acids is 2. The highest BCUT2D eigenvalue weighted by Crippen LogP contribution is 2.32. The summed E-state index contributed by atoms with van der Waals surface area (Å²) >= 11 is 2.87. The number of aryl methyl sites for hydroxylation is 1. The molecule has 4 aromatic rings. The molecule has 0 bridgehead atoms. The second-order valence-corrected chi connectivity index (χ2v) is 11.4. The van der Waals surface area contributed by atoms with Crippen molar-refractivity contribution in [1.29, 1.82) is 0 Å². The van der Waals surface area contributed by atoms with Gasteiger partial charge in [0.1, 0.15) is 16.5 Å². The summed E-state index contributed by atoms with van der Waals surface area (Å²) in [6.45, 7) is 5.82. The largest absolute Gasteiger partial charge is 0.460 e. The number of rotatable bonds is 9. The zero-order valence-corrected chi connectivity index (χ0v) is 22.4. The van der Waals surface area contributed by atoms with Crippen LogP contribution in [0.4, 0.5) is 9.93 Å². The molecule has 3 N–H and O–H groups in total. The maximum absolute atomic E-state index is 12.3. The van der Waals surface area contributed by atoms with E-state index < -0.39 is 5.60 Å². The van der Waals surface area contributed by atoms with Gasteiger partial charge in [-0.2, -0.15) is 0 Å². The lowest BCUT2D eigenvalue weighted by Crippen LogP contribution is -2.28. The molecule has 2 amide bonds. The standard InChI is InChI=1S/C26H28N6O3S2/c1-26(2,3)35-22(33)12-9-17-7-10-18(11-8-17)19-14-28-20(31-19)15-29-24(34)32-25-30-16-23(37-25)36-21-6-4-5-13-27-21/h4-8,10-11,13-14,16H,9,12,15H2,1-3H3,(H,28,31)(H2,29,30,32,34). The number of amides is 2. The van der Waals surface area contributed by atoms with Crippen molar-refractivity contribution in [2.24, 2.45) is 0 Å². The van der Waals surface area contributed by atoms with Crippen LogP contribution in [0.1, 0.15) is 38.6 Å². The molecule has 0 aliphatic heterocycles. The van der Waals surface area contributed by atoms with Gasteiger partial charge >= 0.3 is 12.0 Å². The molecule has 0 fully saturated rings. The number of thiazole rings is 1. The number of hydrogen-bond acceptors (Lipinski definition) is 8. The van der Waals surface area contributed by atoms with Crippen molar-refractivity contribution < 1.29 is 14.3 Å². The van der Waals surface area contributed by atoms with Crippen molar-refractivity contribution in [3.05, 3.63) is 72.4 Å². The van der Waals surface area contributed by atoms with Gasteiger partial charge < -0.3 is 15.0 Å². The van der Waals surface area contributed by atoms with E-state index in [1.165, 1.54) is 23.1 Å². The van der Waals surface area contributed by atoms with Crippen LogP contribution in [0, 0.1) is 0 Å². The SMILES string of the molecule is CC(C)(C)OC(=O)CCc1ccc(-c2cnc(CNC(=O)Nc3ncc(Sc4ccccn4)s3)[nH]2)cc1. The molecule has 0 atom stereocenters.